The first-order chi connectivity index (χ1) is 6.58. The van der Waals surface area contributed by atoms with Crippen LogP contribution in [0, 0.1) is 0 Å². The molecule has 14 heavy (non-hydrogen) atoms. The Balaban J connectivity index is 2.78. The van der Waals surface area contributed by atoms with Crippen LogP contribution in [0.25, 0.3) is 0 Å². The van der Waals surface area contributed by atoms with Gasteiger partial charge in [-0.25, -0.2) is 0 Å². The van der Waals surface area contributed by atoms with Crippen LogP contribution < -0.4 is 11.1 Å². The van der Waals surface area contributed by atoms with Gasteiger partial charge in [-0.2, -0.15) is 0 Å². The Morgan fingerprint density at radius 1 is 1.71 bits per heavy atom. The summed E-state index contributed by atoms with van der Waals surface area (Å²) in [6.07, 6.45) is 8.51. The van der Waals surface area contributed by atoms with E-state index in [1.165, 1.54) is 0 Å². The van der Waals surface area contributed by atoms with Gasteiger partial charge in [0.15, 0.2) is 0 Å². The van der Waals surface area contributed by atoms with Gasteiger partial charge < -0.3 is 11.1 Å². The first-order valence-electron chi connectivity index (χ1n) is 5.00. The van der Waals surface area contributed by atoms with Crippen molar-refractivity contribution < 1.29 is 4.79 Å². The lowest BCUT2D eigenvalue weighted by atomic mass is 9.85. The third kappa shape index (κ3) is 2.62. The molecule has 1 aliphatic rings. The molecule has 3 nitrogen and oxygen atoms in total. The first kappa shape index (κ1) is 10.8. The van der Waals surface area contributed by atoms with Gasteiger partial charge in [0.2, 0.25) is 5.91 Å². The van der Waals surface area contributed by atoms with Crippen LogP contribution in [0.4, 0.5) is 0 Å². The Labute approximate surface area is 85.1 Å². The lowest BCUT2D eigenvalue weighted by Crippen LogP contribution is -2.47. The van der Waals surface area contributed by atoms with E-state index in [2.05, 4.69) is 12.2 Å². The van der Waals surface area contributed by atoms with Crippen molar-refractivity contribution in [2.24, 2.45) is 5.73 Å². The zero-order valence-corrected chi connectivity index (χ0v) is 8.84. The van der Waals surface area contributed by atoms with Crippen LogP contribution >= 0.6 is 0 Å². The third-order valence-corrected chi connectivity index (χ3v) is 2.37. The molecule has 0 aromatic rings. The van der Waals surface area contributed by atoms with Gasteiger partial charge in [0.25, 0.3) is 0 Å². The number of carbonyl (C=O) groups excluding carboxylic acids is 1. The highest BCUT2D eigenvalue weighted by molar-refractivity contribution is 5.74. The summed E-state index contributed by atoms with van der Waals surface area (Å²) in [6, 6.07) is 0. The molecule has 3 heteroatoms. The summed E-state index contributed by atoms with van der Waals surface area (Å²) in [4.78, 5) is 11.1. The smallest absolute Gasteiger partial charge is 0.217 e. The molecule has 0 saturated carbocycles. The van der Waals surface area contributed by atoms with E-state index in [0.29, 0.717) is 0 Å². The molecule has 1 atom stereocenters. The molecule has 3 N–H and O–H groups in total. The number of amides is 1. The molecule has 0 radical (unpaired) electrons. The predicted octanol–water partition coefficient (Wildman–Crippen LogP) is 1.46. The topological polar surface area (TPSA) is 55.1 Å². The fourth-order valence-electron chi connectivity index (χ4n) is 1.95. The predicted molar refractivity (Wildman–Crippen MR) is 57.5 cm³/mol. The zero-order valence-electron chi connectivity index (χ0n) is 8.84. The van der Waals surface area contributed by atoms with Crippen LogP contribution in [0.15, 0.2) is 23.9 Å². The molecule has 1 unspecified atom stereocenters. The molecule has 0 aromatic heterocycles. The number of nitrogens with one attached hydrogen (secondary N) is 1. The molecule has 0 bridgehead atoms. The molecule has 0 spiro atoms. The maximum absolute atomic E-state index is 11.1. The maximum Gasteiger partial charge on any atom is 0.217 e. The summed E-state index contributed by atoms with van der Waals surface area (Å²) in [5.41, 5.74) is 6.35. The van der Waals surface area contributed by atoms with Gasteiger partial charge in [-0.1, -0.05) is 25.5 Å². The Morgan fingerprint density at radius 2 is 2.43 bits per heavy atom. The highest BCUT2D eigenvalue weighted by Gasteiger charge is 2.28. The molecule has 1 aliphatic carbocycles. The number of hydrogen-bond donors (Lipinski definition) is 2. The average molecular weight is 194 g/mol. The summed E-state index contributed by atoms with van der Waals surface area (Å²) in [5.74, 6) is -0.00204. The van der Waals surface area contributed by atoms with Crippen molar-refractivity contribution in [3.8, 4) is 0 Å². The Kier molecular flexibility index (Phi) is 3.33. The molecule has 1 amide bonds. The summed E-state index contributed by atoms with van der Waals surface area (Å²) < 4.78 is 0. The molecule has 0 aliphatic heterocycles. The van der Waals surface area contributed by atoms with E-state index in [9.17, 15) is 4.79 Å². The molecular weight excluding hydrogens is 176 g/mol. The lowest BCUT2D eigenvalue weighted by Gasteiger charge is -2.33. The van der Waals surface area contributed by atoms with Crippen molar-refractivity contribution in [3.05, 3.63) is 23.9 Å². The van der Waals surface area contributed by atoms with E-state index >= 15 is 0 Å². The molecule has 0 saturated heterocycles. The maximum atomic E-state index is 11.1. The monoisotopic (exact) mass is 194 g/mol. The Morgan fingerprint density at radius 3 is 2.93 bits per heavy atom. The SMILES string of the molecule is CCCC1(NC(C)=O)C=CC=C(N)C1. The highest BCUT2D eigenvalue weighted by Crippen LogP contribution is 2.25. The second-order valence-electron chi connectivity index (χ2n) is 3.86. The Hall–Kier alpha value is -1.25. The Bertz CT molecular complexity index is 277. The molecule has 1 rings (SSSR count). The van der Waals surface area contributed by atoms with Crippen molar-refractivity contribution in [2.45, 2.75) is 38.6 Å². The summed E-state index contributed by atoms with van der Waals surface area (Å²) in [7, 11) is 0. The number of hydrogen-bond acceptors (Lipinski definition) is 2. The molecular formula is C11H18N2O. The van der Waals surface area contributed by atoms with Gasteiger partial charge in [-0.3, -0.25) is 4.79 Å². The first-order valence-corrected chi connectivity index (χ1v) is 5.00. The highest BCUT2D eigenvalue weighted by atomic mass is 16.1. The van der Waals surface area contributed by atoms with Crippen LogP contribution in [0.1, 0.15) is 33.1 Å². The van der Waals surface area contributed by atoms with Crippen LogP contribution in [0.5, 0.6) is 0 Å². The van der Waals surface area contributed by atoms with Crippen molar-refractivity contribution in [3.63, 3.8) is 0 Å². The van der Waals surface area contributed by atoms with Crippen LogP contribution in [-0.2, 0) is 4.79 Å². The van der Waals surface area contributed by atoms with Gasteiger partial charge in [0, 0.05) is 19.0 Å². The second-order valence-corrected chi connectivity index (χ2v) is 3.86. The number of nitrogens with two attached hydrogens (primary N) is 1. The number of rotatable bonds is 3. The minimum atomic E-state index is -0.251. The molecule has 0 aromatic carbocycles. The van der Waals surface area contributed by atoms with E-state index in [1.807, 2.05) is 18.2 Å². The van der Waals surface area contributed by atoms with Gasteiger partial charge in [0.05, 0.1) is 5.54 Å². The van der Waals surface area contributed by atoms with Crippen molar-refractivity contribution in [2.75, 3.05) is 0 Å². The third-order valence-electron chi connectivity index (χ3n) is 2.37. The van der Waals surface area contributed by atoms with Crippen LogP contribution in [-0.4, -0.2) is 11.4 Å². The summed E-state index contributed by atoms with van der Waals surface area (Å²) in [6.45, 7) is 3.64. The summed E-state index contributed by atoms with van der Waals surface area (Å²) >= 11 is 0. The fraction of sp³-hybridized carbons (Fsp3) is 0.545. The lowest BCUT2D eigenvalue weighted by molar-refractivity contribution is -0.120. The van der Waals surface area contributed by atoms with Gasteiger partial charge in [0.1, 0.15) is 0 Å². The van der Waals surface area contributed by atoms with E-state index < -0.39 is 0 Å². The van der Waals surface area contributed by atoms with Gasteiger partial charge in [-0.15, -0.1) is 0 Å². The molecule has 78 valence electrons. The standard InChI is InChI=1S/C11H18N2O/c1-3-6-11(13-9(2)14)7-4-5-10(12)8-11/h4-5,7H,3,6,8,12H2,1-2H3,(H,13,14). The van der Waals surface area contributed by atoms with E-state index in [0.717, 1.165) is 25.0 Å². The van der Waals surface area contributed by atoms with Gasteiger partial charge in [-0.05, 0) is 12.5 Å². The van der Waals surface area contributed by atoms with Crippen LogP contribution in [0.2, 0.25) is 0 Å². The van der Waals surface area contributed by atoms with Crippen molar-refractivity contribution >= 4 is 5.91 Å². The average Bonchev–Trinajstić information content (AvgIpc) is 2.02. The fourth-order valence-corrected chi connectivity index (χ4v) is 1.95. The summed E-state index contributed by atoms with van der Waals surface area (Å²) in [5, 5.41) is 2.98. The molecule has 0 fully saturated rings. The van der Waals surface area contributed by atoms with E-state index in [1.54, 1.807) is 6.92 Å². The second kappa shape index (κ2) is 4.31. The van der Waals surface area contributed by atoms with Crippen LogP contribution in [0.3, 0.4) is 0 Å². The van der Waals surface area contributed by atoms with Crippen molar-refractivity contribution in [1.29, 1.82) is 0 Å². The number of allylic oxidation sites excluding steroid dienone is 2. The van der Waals surface area contributed by atoms with Gasteiger partial charge >= 0.3 is 0 Å². The zero-order chi connectivity index (χ0) is 10.6. The largest absolute Gasteiger partial charge is 0.402 e. The molecule has 0 heterocycles. The minimum absolute atomic E-state index is 0.00204. The number of carbonyl (C=O) groups is 1. The minimum Gasteiger partial charge on any atom is -0.402 e. The van der Waals surface area contributed by atoms with E-state index in [-0.39, 0.29) is 11.4 Å². The normalized spacial score (nSPS) is 25.7. The quantitative estimate of drug-likeness (QED) is 0.714. The van der Waals surface area contributed by atoms with E-state index in [4.69, 9.17) is 5.73 Å². The van der Waals surface area contributed by atoms with Crippen molar-refractivity contribution in [1.82, 2.24) is 5.32 Å².